The molecule has 0 unspecified atom stereocenters. The first-order valence-electron chi connectivity index (χ1n) is 9.88. The lowest BCUT2D eigenvalue weighted by atomic mass is 10.2. The Morgan fingerprint density at radius 3 is 2.55 bits per heavy atom. The van der Waals surface area contributed by atoms with Gasteiger partial charge in [-0.3, -0.25) is 4.55 Å². The van der Waals surface area contributed by atoms with Crippen molar-refractivity contribution in [3.63, 3.8) is 0 Å². The number of nitrogens with two attached hydrogens (primary N) is 1. The minimum atomic E-state index is -4.02. The van der Waals surface area contributed by atoms with E-state index in [1.807, 2.05) is 31.5 Å². The van der Waals surface area contributed by atoms with E-state index in [-0.39, 0.29) is 18.0 Å². The fraction of sp³-hybridized carbons (Fsp3) is 0.318. The van der Waals surface area contributed by atoms with Gasteiger partial charge in [0.25, 0.3) is 10.1 Å². The Balaban J connectivity index is 0.000000262. The van der Waals surface area contributed by atoms with Gasteiger partial charge in [-0.25, -0.2) is 9.37 Å². The van der Waals surface area contributed by atoms with Gasteiger partial charge in [0.2, 0.25) is 0 Å². The molecule has 168 valence electrons. The topological polar surface area (TPSA) is 107 Å². The minimum Gasteiger partial charge on any atom is -0.489 e. The Labute approximate surface area is 182 Å². The van der Waals surface area contributed by atoms with Crippen LogP contribution in [0.2, 0.25) is 0 Å². The van der Waals surface area contributed by atoms with Crippen molar-refractivity contribution in [2.75, 3.05) is 13.2 Å². The van der Waals surface area contributed by atoms with Gasteiger partial charge in [-0.15, -0.1) is 0 Å². The Kier molecular flexibility index (Phi) is 9.17. The number of ether oxygens (including phenoxy) is 1. The molecule has 0 aliphatic heterocycles. The second-order valence-corrected chi connectivity index (χ2v) is 8.41. The molecule has 1 aromatic heterocycles. The van der Waals surface area contributed by atoms with E-state index in [1.54, 1.807) is 12.1 Å². The zero-order chi connectivity index (χ0) is 22.9. The van der Waals surface area contributed by atoms with Crippen LogP contribution in [-0.4, -0.2) is 35.7 Å². The van der Waals surface area contributed by atoms with Crippen LogP contribution in [0.25, 0.3) is 11.0 Å². The fourth-order valence-electron chi connectivity index (χ4n) is 2.66. The van der Waals surface area contributed by atoms with Crippen LogP contribution in [0.15, 0.2) is 65.6 Å². The third-order valence-electron chi connectivity index (χ3n) is 4.50. The van der Waals surface area contributed by atoms with Gasteiger partial charge in [-0.2, -0.15) is 8.42 Å². The Morgan fingerprint density at radius 2 is 1.97 bits per heavy atom. The third kappa shape index (κ3) is 7.46. The molecule has 3 aromatic rings. The van der Waals surface area contributed by atoms with Crippen LogP contribution in [0.5, 0.6) is 5.75 Å². The van der Waals surface area contributed by atoms with Crippen molar-refractivity contribution in [2.24, 2.45) is 5.73 Å². The summed E-state index contributed by atoms with van der Waals surface area (Å²) in [5.41, 5.74) is 8.74. The number of nitrogens with zero attached hydrogens (tertiary/aromatic N) is 2. The highest BCUT2D eigenvalue weighted by molar-refractivity contribution is 7.85. The van der Waals surface area contributed by atoms with E-state index in [2.05, 4.69) is 16.5 Å². The third-order valence-corrected chi connectivity index (χ3v) is 5.37. The van der Waals surface area contributed by atoms with Crippen LogP contribution < -0.4 is 10.5 Å². The molecule has 0 aliphatic carbocycles. The molecule has 9 heteroatoms. The number of halogens is 1. The average molecular weight is 450 g/mol. The van der Waals surface area contributed by atoms with Gasteiger partial charge in [0, 0.05) is 24.7 Å². The second kappa shape index (κ2) is 11.6. The van der Waals surface area contributed by atoms with E-state index in [4.69, 9.17) is 15.0 Å². The van der Waals surface area contributed by atoms with Crippen LogP contribution in [-0.2, 0) is 16.7 Å². The quantitative estimate of drug-likeness (QED) is 0.497. The second-order valence-electron chi connectivity index (χ2n) is 6.99. The van der Waals surface area contributed by atoms with Crippen molar-refractivity contribution in [1.29, 1.82) is 0 Å². The molecule has 0 bridgehead atoms. The van der Waals surface area contributed by atoms with E-state index >= 15 is 0 Å². The molecule has 0 spiro atoms. The van der Waals surface area contributed by atoms with Crippen molar-refractivity contribution in [1.82, 2.24) is 9.55 Å². The van der Waals surface area contributed by atoms with Gasteiger partial charge in [-0.1, -0.05) is 31.0 Å². The number of aryl methyl sites for hydroxylation is 2. The fourth-order valence-corrected chi connectivity index (χ4v) is 3.14. The molecule has 3 N–H and O–H groups in total. The lowest BCUT2D eigenvalue weighted by Gasteiger charge is -2.07. The summed E-state index contributed by atoms with van der Waals surface area (Å²) in [5, 5.41) is 0. The van der Waals surface area contributed by atoms with Crippen molar-refractivity contribution >= 4 is 21.2 Å². The number of aromatic nitrogens is 2. The first-order valence-corrected chi connectivity index (χ1v) is 11.3. The van der Waals surface area contributed by atoms with Gasteiger partial charge in [-0.05, 0) is 37.6 Å². The number of fused-ring (bicyclic) bond motifs is 1. The van der Waals surface area contributed by atoms with Gasteiger partial charge in [0.1, 0.15) is 12.4 Å². The maximum absolute atomic E-state index is 12.4. The highest BCUT2D eigenvalue weighted by Crippen LogP contribution is 2.20. The standard InChI is InChI=1S/C15H20FN3O.C7H8O3S/c1-2-3-6-19-11-18-14-7-13(4-5-15(14)19)20-10-12(8-16)9-17;1-6-2-4-7(5-3-6)11(8,9)10/h4-5,7-8,11H,2-3,6,9-10,17H2,1H3;2-5H,1H3,(H,8,9,10)/b12-8+;. The zero-order valence-electron chi connectivity index (χ0n) is 17.7. The molecule has 0 amide bonds. The Morgan fingerprint density at radius 1 is 1.26 bits per heavy atom. The molecule has 0 atom stereocenters. The van der Waals surface area contributed by atoms with E-state index in [0.29, 0.717) is 17.7 Å². The van der Waals surface area contributed by atoms with Crippen LogP contribution in [0, 0.1) is 6.92 Å². The number of unbranched alkanes of at least 4 members (excludes halogenated alkanes) is 1. The molecule has 0 saturated carbocycles. The summed E-state index contributed by atoms with van der Waals surface area (Å²) in [7, 11) is -4.02. The van der Waals surface area contributed by atoms with Gasteiger partial charge in [0.05, 0.1) is 28.6 Å². The number of hydrogen-bond acceptors (Lipinski definition) is 5. The first kappa shape index (κ1) is 24.5. The number of rotatable bonds is 8. The summed E-state index contributed by atoms with van der Waals surface area (Å²) in [6.07, 6.45) is 4.62. The molecule has 7 nitrogen and oxygen atoms in total. The number of hydrogen-bond donors (Lipinski definition) is 2. The molecule has 3 rings (SSSR count). The van der Waals surface area contributed by atoms with E-state index in [0.717, 1.165) is 36.0 Å². The van der Waals surface area contributed by atoms with E-state index in [1.165, 1.54) is 12.1 Å². The molecule has 1 heterocycles. The maximum Gasteiger partial charge on any atom is 0.294 e. The van der Waals surface area contributed by atoms with E-state index in [9.17, 15) is 12.8 Å². The minimum absolute atomic E-state index is 0.0666. The molecule has 2 aromatic carbocycles. The SMILES string of the molecule is CCCCn1cnc2cc(OC/C(=C/F)CN)ccc21.Cc1ccc(S(=O)(=O)O)cc1. The Bertz CT molecular complexity index is 1110. The summed E-state index contributed by atoms with van der Waals surface area (Å²) in [5.74, 6) is 0.672. The number of imidazole rings is 1. The lowest BCUT2D eigenvalue weighted by Crippen LogP contribution is -2.10. The van der Waals surface area contributed by atoms with E-state index < -0.39 is 10.1 Å². The molecular formula is C22H28FN3O4S. The summed E-state index contributed by atoms with van der Waals surface area (Å²) in [6.45, 7) is 5.29. The smallest absolute Gasteiger partial charge is 0.294 e. The summed E-state index contributed by atoms with van der Waals surface area (Å²) in [4.78, 5) is 4.30. The first-order chi connectivity index (χ1) is 14.8. The monoisotopic (exact) mass is 449 g/mol. The van der Waals surface area contributed by atoms with Gasteiger partial charge < -0.3 is 15.0 Å². The zero-order valence-corrected chi connectivity index (χ0v) is 18.5. The summed E-state index contributed by atoms with van der Waals surface area (Å²) >= 11 is 0. The Hall–Kier alpha value is -2.75. The summed E-state index contributed by atoms with van der Waals surface area (Å²) < 4.78 is 49.6. The van der Waals surface area contributed by atoms with Gasteiger partial charge in [0.15, 0.2) is 0 Å². The normalized spacial score (nSPS) is 11.8. The van der Waals surface area contributed by atoms with Crippen LogP contribution in [0.1, 0.15) is 25.3 Å². The molecule has 31 heavy (non-hydrogen) atoms. The highest BCUT2D eigenvalue weighted by atomic mass is 32.2. The molecule has 0 radical (unpaired) electrons. The van der Waals surface area contributed by atoms with Crippen molar-refractivity contribution in [2.45, 2.75) is 38.1 Å². The number of benzene rings is 2. The van der Waals surface area contributed by atoms with Crippen LogP contribution >= 0.6 is 0 Å². The van der Waals surface area contributed by atoms with Crippen molar-refractivity contribution in [3.05, 3.63) is 66.3 Å². The predicted octanol–water partition coefficient (Wildman–Crippen LogP) is 4.27. The molecule has 0 fully saturated rings. The van der Waals surface area contributed by atoms with Crippen molar-refractivity contribution in [3.8, 4) is 5.75 Å². The molecular weight excluding hydrogens is 421 g/mol. The largest absolute Gasteiger partial charge is 0.489 e. The highest BCUT2D eigenvalue weighted by Gasteiger charge is 2.07. The maximum atomic E-state index is 12.4. The predicted molar refractivity (Wildman–Crippen MR) is 119 cm³/mol. The molecule has 0 saturated heterocycles. The van der Waals surface area contributed by atoms with Crippen LogP contribution in [0.3, 0.4) is 0 Å². The average Bonchev–Trinajstić information content (AvgIpc) is 3.15. The molecule has 0 aliphatic rings. The summed E-state index contributed by atoms with van der Waals surface area (Å²) in [6, 6.07) is 11.7. The lowest BCUT2D eigenvalue weighted by molar-refractivity contribution is 0.348. The van der Waals surface area contributed by atoms with Gasteiger partial charge >= 0.3 is 0 Å². The van der Waals surface area contributed by atoms with Crippen molar-refractivity contribution < 1.29 is 22.1 Å². The van der Waals surface area contributed by atoms with Crippen LogP contribution in [0.4, 0.5) is 4.39 Å².